The van der Waals surface area contributed by atoms with Crippen LogP contribution in [0.2, 0.25) is 5.02 Å². The van der Waals surface area contributed by atoms with Crippen LogP contribution in [0.5, 0.6) is 0 Å². The molecule has 0 heterocycles. The Labute approximate surface area is 157 Å². The number of benzene rings is 2. The average molecular weight is 371 g/mol. The molecule has 0 aliphatic carbocycles. The third-order valence-electron chi connectivity index (χ3n) is 3.78. The third kappa shape index (κ3) is 5.04. The standard InChI is InChI=1S/C20H19ClN2O3/c1-12(20(26)23-18-6-4-5-17(21)13(18)2)11-19(25)22-16-9-7-15(8-10-16)14(3)24/h4-11H,1-3H3,(H,22,25)(H,23,26)/b12-11-. The number of rotatable bonds is 5. The molecule has 0 fully saturated rings. The van der Waals surface area contributed by atoms with E-state index in [2.05, 4.69) is 10.6 Å². The van der Waals surface area contributed by atoms with Crippen molar-refractivity contribution in [2.75, 3.05) is 10.6 Å². The monoisotopic (exact) mass is 370 g/mol. The molecule has 0 atom stereocenters. The fourth-order valence-corrected chi connectivity index (χ4v) is 2.37. The van der Waals surface area contributed by atoms with Gasteiger partial charge in [-0.3, -0.25) is 14.4 Å². The van der Waals surface area contributed by atoms with Crippen LogP contribution in [0.25, 0.3) is 0 Å². The van der Waals surface area contributed by atoms with E-state index in [4.69, 9.17) is 11.6 Å². The Morgan fingerprint density at radius 2 is 1.62 bits per heavy atom. The molecule has 0 saturated heterocycles. The number of carbonyl (C=O) groups excluding carboxylic acids is 3. The highest BCUT2D eigenvalue weighted by atomic mass is 35.5. The molecule has 2 N–H and O–H groups in total. The number of nitrogens with one attached hydrogen (secondary N) is 2. The summed E-state index contributed by atoms with van der Waals surface area (Å²) in [7, 11) is 0. The molecule has 0 aliphatic rings. The highest BCUT2D eigenvalue weighted by molar-refractivity contribution is 6.31. The van der Waals surface area contributed by atoms with E-state index in [0.29, 0.717) is 22.0 Å². The lowest BCUT2D eigenvalue weighted by atomic mass is 10.1. The molecule has 2 amide bonds. The van der Waals surface area contributed by atoms with Crippen molar-refractivity contribution in [3.05, 3.63) is 70.3 Å². The van der Waals surface area contributed by atoms with Gasteiger partial charge in [-0.05, 0) is 62.7 Å². The summed E-state index contributed by atoms with van der Waals surface area (Å²) in [5.74, 6) is -0.875. The van der Waals surface area contributed by atoms with E-state index in [-0.39, 0.29) is 11.4 Å². The molecule has 6 heteroatoms. The van der Waals surface area contributed by atoms with Crippen molar-refractivity contribution in [2.45, 2.75) is 20.8 Å². The van der Waals surface area contributed by atoms with E-state index in [1.54, 1.807) is 56.3 Å². The first kappa shape index (κ1) is 19.4. The first-order chi connectivity index (χ1) is 12.3. The van der Waals surface area contributed by atoms with Crippen molar-refractivity contribution in [1.82, 2.24) is 0 Å². The number of anilines is 2. The largest absolute Gasteiger partial charge is 0.323 e. The predicted molar refractivity (Wildman–Crippen MR) is 104 cm³/mol. The zero-order valence-corrected chi connectivity index (χ0v) is 15.5. The van der Waals surface area contributed by atoms with E-state index in [9.17, 15) is 14.4 Å². The van der Waals surface area contributed by atoms with Gasteiger partial charge in [-0.1, -0.05) is 17.7 Å². The molecule has 2 aromatic carbocycles. The molecule has 0 saturated carbocycles. The van der Waals surface area contributed by atoms with Crippen LogP contribution in [-0.4, -0.2) is 17.6 Å². The minimum Gasteiger partial charge on any atom is -0.323 e. The van der Waals surface area contributed by atoms with E-state index >= 15 is 0 Å². The quantitative estimate of drug-likeness (QED) is 0.606. The summed E-state index contributed by atoms with van der Waals surface area (Å²) < 4.78 is 0. The van der Waals surface area contributed by atoms with Crippen LogP contribution in [0.15, 0.2) is 54.1 Å². The Kier molecular flexibility index (Phi) is 6.31. The normalized spacial score (nSPS) is 11.0. The van der Waals surface area contributed by atoms with E-state index in [0.717, 1.165) is 5.56 Å². The fraction of sp³-hybridized carbons (Fsp3) is 0.150. The van der Waals surface area contributed by atoms with Crippen LogP contribution in [0.1, 0.15) is 29.8 Å². The molecule has 0 aliphatic heterocycles. The molecule has 0 bridgehead atoms. The number of Topliss-reactive ketones (excluding diaryl/α,β-unsaturated/α-hetero) is 1. The van der Waals surface area contributed by atoms with Gasteiger partial charge in [-0.25, -0.2) is 0 Å². The molecule has 5 nitrogen and oxygen atoms in total. The number of carbonyl (C=O) groups is 3. The maximum absolute atomic E-state index is 12.2. The summed E-state index contributed by atoms with van der Waals surface area (Å²) in [6.45, 7) is 4.82. The minimum absolute atomic E-state index is 0.0494. The van der Waals surface area contributed by atoms with Gasteiger partial charge in [0.2, 0.25) is 5.91 Å². The Bertz CT molecular complexity index is 886. The van der Waals surface area contributed by atoms with Crippen molar-refractivity contribution in [3.63, 3.8) is 0 Å². The Morgan fingerprint density at radius 3 is 2.23 bits per heavy atom. The zero-order valence-electron chi connectivity index (χ0n) is 14.7. The molecule has 0 radical (unpaired) electrons. The summed E-state index contributed by atoms with van der Waals surface area (Å²) in [5, 5.41) is 5.93. The molecular formula is C20H19ClN2O3. The third-order valence-corrected chi connectivity index (χ3v) is 4.19. The number of hydrogen-bond acceptors (Lipinski definition) is 3. The predicted octanol–water partition coefficient (Wildman–Crippen LogP) is 4.37. The number of amides is 2. The van der Waals surface area contributed by atoms with Crippen LogP contribution in [-0.2, 0) is 9.59 Å². The first-order valence-electron chi connectivity index (χ1n) is 7.94. The van der Waals surface area contributed by atoms with Crippen molar-refractivity contribution in [3.8, 4) is 0 Å². The smallest absolute Gasteiger partial charge is 0.251 e. The molecular weight excluding hydrogens is 352 g/mol. The Hall–Kier alpha value is -2.92. The average Bonchev–Trinajstić information content (AvgIpc) is 2.59. The van der Waals surface area contributed by atoms with E-state index in [1.807, 2.05) is 0 Å². The summed E-state index contributed by atoms with van der Waals surface area (Å²) in [5.41, 5.74) is 2.70. The van der Waals surface area contributed by atoms with E-state index in [1.165, 1.54) is 13.0 Å². The molecule has 2 rings (SSSR count). The Balaban J connectivity index is 2.03. The number of ketones is 1. The van der Waals surface area contributed by atoms with Gasteiger partial charge in [0.15, 0.2) is 5.78 Å². The van der Waals surface area contributed by atoms with Gasteiger partial charge in [0.1, 0.15) is 0 Å². The van der Waals surface area contributed by atoms with Gasteiger partial charge in [-0.15, -0.1) is 0 Å². The number of halogens is 1. The van der Waals surface area contributed by atoms with Crippen LogP contribution < -0.4 is 10.6 Å². The van der Waals surface area contributed by atoms with Crippen molar-refractivity contribution >= 4 is 40.6 Å². The zero-order chi connectivity index (χ0) is 19.3. The summed E-state index contributed by atoms with van der Waals surface area (Å²) >= 11 is 6.03. The van der Waals surface area contributed by atoms with Crippen molar-refractivity contribution in [2.24, 2.45) is 0 Å². The maximum Gasteiger partial charge on any atom is 0.251 e. The van der Waals surface area contributed by atoms with Crippen LogP contribution in [0.3, 0.4) is 0 Å². The highest BCUT2D eigenvalue weighted by Crippen LogP contribution is 2.23. The SMILES string of the molecule is CC(=O)c1ccc(NC(=O)/C=C(/C)C(=O)Nc2cccc(Cl)c2C)cc1. The van der Waals surface area contributed by atoms with Crippen molar-refractivity contribution < 1.29 is 14.4 Å². The second kappa shape index (κ2) is 8.45. The maximum atomic E-state index is 12.2. The van der Waals surface area contributed by atoms with Crippen molar-refractivity contribution in [1.29, 1.82) is 0 Å². The molecule has 0 aromatic heterocycles. The topological polar surface area (TPSA) is 75.3 Å². The van der Waals surface area contributed by atoms with Crippen LogP contribution in [0, 0.1) is 6.92 Å². The molecule has 134 valence electrons. The summed E-state index contributed by atoms with van der Waals surface area (Å²) in [6.07, 6.45) is 1.22. The lowest BCUT2D eigenvalue weighted by molar-refractivity contribution is -0.114. The van der Waals surface area contributed by atoms with Crippen LogP contribution in [0.4, 0.5) is 11.4 Å². The molecule has 26 heavy (non-hydrogen) atoms. The molecule has 0 spiro atoms. The fourth-order valence-electron chi connectivity index (χ4n) is 2.19. The van der Waals surface area contributed by atoms with Gasteiger partial charge in [0, 0.05) is 33.6 Å². The first-order valence-corrected chi connectivity index (χ1v) is 8.32. The van der Waals surface area contributed by atoms with Gasteiger partial charge < -0.3 is 10.6 Å². The van der Waals surface area contributed by atoms with Gasteiger partial charge in [-0.2, -0.15) is 0 Å². The minimum atomic E-state index is -0.434. The lowest BCUT2D eigenvalue weighted by Gasteiger charge is -2.10. The van der Waals surface area contributed by atoms with Gasteiger partial charge in [0.05, 0.1) is 0 Å². The number of hydrogen-bond donors (Lipinski definition) is 2. The van der Waals surface area contributed by atoms with Crippen LogP contribution >= 0.6 is 11.6 Å². The second-order valence-corrected chi connectivity index (χ2v) is 6.22. The van der Waals surface area contributed by atoms with Gasteiger partial charge in [0.25, 0.3) is 5.91 Å². The summed E-state index contributed by atoms with van der Waals surface area (Å²) in [4.78, 5) is 35.6. The molecule has 2 aromatic rings. The molecule has 0 unspecified atom stereocenters. The highest BCUT2D eigenvalue weighted by Gasteiger charge is 2.10. The Morgan fingerprint density at radius 1 is 0.962 bits per heavy atom. The lowest BCUT2D eigenvalue weighted by Crippen LogP contribution is -2.16. The van der Waals surface area contributed by atoms with Gasteiger partial charge >= 0.3 is 0 Å². The summed E-state index contributed by atoms with van der Waals surface area (Å²) in [6, 6.07) is 11.7. The second-order valence-electron chi connectivity index (χ2n) is 5.82. The van der Waals surface area contributed by atoms with E-state index < -0.39 is 11.8 Å².